The third kappa shape index (κ3) is 6.63. The molecule has 0 aliphatic heterocycles. The van der Waals surface area contributed by atoms with Crippen molar-refractivity contribution in [2.24, 2.45) is 17.1 Å². The predicted molar refractivity (Wildman–Crippen MR) is 89.3 cm³/mol. The van der Waals surface area contributed by atoms with Crippen LogP contribution in [0, 0.1) is 11.3 Å². The van der Waals surface area contributed by atoms with Crippen LogP contribution in [0.4, 0.5) is 5.69 Å². The molecule has 0 bridgehead atoms. The van der Waals surface area contributed by atoms with Crippen LogP contribution in [0.15, 0.2) is 30.3 Å². The highest BCUT2D eigenvalue weighted by atomic mass is 16.1. The summed E-state index contributed by atoms with van der Waals surface area (Å²) in [4.78, 5) is 14.3. The standard InChI is InChI=1S/C17H29N3O/c1-17(2,3)12-14(13-18)16(21)19-10-11-20(4)15-8-6-5-7-9-15/h5-9,14H,10-13,18H2,1-4H3,(H,19,21). The maximum atomic E-state index is 12.2. The van der Waals surface area contributed by atoms with Crippen molar-refractivity contribution in [3.05, 3.63) is 30.3 Å². The zero-order valence-electron chi connectivity index (χ0n) is 13.7. The van der Waals surface area contributed by atoms with Gasteiger partial charge in [0.05, 0.1) is 5.92 Å². The molecule has 0 saturated carbocycles. The van der Waals surface area contributed by atoms with Crippen molar-refractivity contribution in [2.75, 3.05) is 31.6 Å². The molecule has 118 valence electrons. The summed E-state index contributed by atoms with van der Waals surface area (Å²) in [6.07, 6.45) is 0.809. The van der Waals surface area contributed by atoms with E-state index in [1.54, 1.807) is 0 Å². The van der Waals surface area contributed by atoms with Crippen molar-refractivity contribution in [1.82, 2.24) is 5.32 Å². The summed E-state index contributed by atoms with van der Waals surface area (Å²) in [5.74, 6) is -0.0408. The molecule has 0 aliphatic carbocycles. The summed E-state index contributed by atoms with van der Waals surface area (Å²) < 4.78 is 0. The number of hydrogen-bond donors (Lipinski definition) is 2. The average Bonchev–Trinajstić information content (AvgIpc) is 2.44. The maximum absolute atomic E-state index is 12.2. The van der Waals surface area contributed by atoms with Crippen LogP contribution >= 0.6 is 0 Å². The Balaban J connectivity index is 2.39. The minimum atomic E-state index is -0.105. The molecule has 1 atom stereocenters. The quantitative estimate of drug-likeness (QED) is 0.810. The molecule has 4 heteroatoms. The summed E-state index contributed by atoms with van der Waals surface area (Å²) in [5, 5.41) is 3.00. The number of anilines is 1. The number of rotatable bonds is 7. The lowest BCUT2D eigenvalue weighted by molar-refractivity contribution is -0.125. The van der Waals surface area contributed by atoms with Crippen LogP contribution in [0.5, 0.6) is 0 Å². The zero-order valence-corrected chi connectivity index (χ0v) is 13.7. The van der Waals surface area contributed by atoms with Gasteiger partial charge in [-0.25, -0.2) is 0 Å². The predicted octanol–water partition coefficient (Wildman–Crippen LogP) is 2.25. The summed E-state index contributed by atoms with van der Waals surface area (Å²) >= 11 is 0. The fraction of sp³-hybridized carbons (Fsp3) is 0.588. The van der Waals surface area contributed by atoms with Crippen molar-refractivity contribution >= 4 is 11.6 Å². The van der Waals surface area contributed by atoms with Gasteiger partial charge in [0, 0.05) is 32.4 Å². The number of nitrogens with one attached hydrogen (secondary N) is 1. The van der Waals surface area contributed by atoms with E-state index in [1.165, 1.54) is 0 Å². The van der Waals surface area contributed by atoms with E-state index in [4.69, 9.17) is 5.73 Å². The Morgan fingerprint density at radius 3 is 2.43 bits per heavy atom. The normalized spacial score (nSPS) is 12.8. The minimum absolute atomic E-state index is 0.0638. The second kappa shape index (κ2) is 8.03. The molecule has 4 nitrogen and oxygen atoms in total. The monoisotopic (exact) mass is 291 g/mol. The third-order valence-electron chi connectivity index (χ3n) is 3.46. The number of carbonyl (C=O) groups excluding carboxylic acids is 1. The SMILES string of the molecule is CN(CCNC(=O)C(CN)CC(C)(C)C)c1ccccc1. The smallest absolute Gasteiger partial charge is 0.224 e. The molecule has 0 saturated heterocycles. The molecule has 0 heterocycles. The molecular formula is C17H29N3O. The lowest BCUT2D eigenvalue weighted by atomic mass is 9.84. The Kier molecular flexibility index (Phi) is 6.69. The van der Waals surface area contributed by atoms with Gasteiger partial charge in [0.25, 0.3) is 0 Å². The van der Waals surface area contributed by atoms with Crippen LogP contribution in [0.25, 0.3) is 0 Å². The lowest BCUT2D eigenvalue weighted by Gasteiger charge is -2.25. The van der Waals surface area contributed by atoms with Gasteiger partial charge in [-0.1, -0.05) is 39.0 Å². The Morgan fingerprint density at radius 2 is 1.90 bits per heavy atom. The summed E-state index contributed by atoms with van der Waals surface area (Å²) in [6, 6.07) is 10.1. The van der Waals surface area contributed by atoms with Crippen LogP contribution in [-0.4, -0.2) is 32.6 Å². The molecule has 0 aromatic heterocycles. The van der Waals surface area contributed by atoms with Crippen molar-refractivity contribution < 1.29 is 4.79 Å². The number of nitrogens with zero attached hydrogens (tertiary/aromatic N) is 1. The molecule has 1 rings (SSSR count). The summed E-state index contributed by atoms with van der Waals surface area (Å²) in [6.45, 7) is 8.20. The zero-order chi connectivity index (χ0) is 15.9. The van der Waals surface area contributed by atoms with Gasteiger partial charge in [-0.2, -0.15) is 0 Å². The van der Waals surface area contributed by atoms with Gasteiger partial charge in [-0.3, -0.25) is 4.79 Å². The van der Waals surface area contributed by atoms with Crippen molar-refractivity contribution in [3.63, 3.8) is 0 Å². The Bertz CT molecular complexity index is 425. The first-order valence-electron chi connectivity index (χ1n) is 7.57. The molecule has 1 amide bonds. The molecule has 0 aliphatic rings. The third-order valence-corrected chi connectivity index (χ3v) is 3.46. The molecule has 0 radical (unpaired) electrons. The molecule has 0 spiro atoms. The van der Waals surface area contributed by atoms with Gasteiger partial charge < -0.3 is 16.0 Å². The van der Waals surface area contributed by atoms with Gasteiger partial charge in [0.1, 0.15) is 0 Å². The van der Waals surface area contributed by atoms with Crippen molar-refractivity contribution in [3.8, 4) is 0 Å². The topological polar surface area (TPSA) is 58.4 Å². The first kappa shape index (κ1) is 17.5. The molecule has 3 N–H and O–H groups in total. The summed E-state index contributed by atoms with van der Waals surface area (Å²) in [7, 11) is 2.02. The van der Waals surface area contributed by atoms with Crippen LogP contribution in [0.3, 0.4) is 0 Å². The lowest BCUT2D eigenvalue weighted by Crippen LogP contribution is -2.40. The fourth-order valence-electron chi connectivity index (χ4n) is 2.32. The summed E-state index contributed by atoms with van der Waals surface area (Å²) in [5.41, 5.74) is 7.00. The van der Waals surface area contributed by atoms with E-state index < -0.39 is 0 Å². The van der Waals surface area contributed by atoms with E-state index in [2.05, 4.69) is 43.1 Å². The first-order chi connectivity index (χ1) is 9.83. The highest BCUT2D eigenvalue weighted by Gasteiger charge is 2.23. The molecule has 0 fully saturated rings. The van der Waals surface area contributed by atoms with Crippen LogP contribution in [0.2, 0.25) is 0 Å². The number of nitrogens with two attached hydrogens (primary N) is 1. The number of likely N-dealkylation sites (N-methyl/N-ethyl adjacent to an activating group) is 1. The van der Waals surface area contributed by atoms with Gasteiger partial charge in [0.2, 0.25) is 5.91 Å². The van der Waals surface area contributed by atoms with Crippen molar-refractivity contribution in [1.29, 1.82) is 0 Å². The minimum Gasteiger partial charge on any atom is -0.373 e. The van der Waals surface area contributed by atoms with E-state index in [0.29, 0.717) is 13.1 Å². The van der Waals surface area contributed by atoms with Gasteiger partial charge in [-0.05, 0) is 24.0 Å². The first-order valence-corrected chi connectivity index (χ1v) is 7.57. The fourth-order valence-corrected chi connectivity index (χ4v) is 2.32. The molecule has 1 aromatic rings. The van der Waals surface area contributed by atoms with Gasteiger partial charge in [0.15, 0.2) is 0 Å². The Hall–Kier alpha value is -1.55. The van der Waals surface area contributed by atoms with E-state index in [1.807, 2.05) is 25.2 Å². The maximum Gasteiger partial charge on any atom is 0.224 e. The second-order valence-electron chi connectivity index (χ2n) is 6.75. The Morgan fingerprint density at radius 1 is 1.29 bits per heavy atom. The number of benzene rings is 1. The molecule has 21 heavy (non-hydrogen) atoms. The van der Waals surface area contributed by atoms with E-state index in [9.17, 15) is 4.79 Å². The van der Waals surface area contributed by atoms with Crippen molar-refractivity contribution in [2.45, 2.75) is 27.2 Å². The molecule has 1 unspecified atom stereocenters. The number of para-hydroxylation sites is 1. The van der Waals surface area contributed by atoms with Crippen LogP contribution in [-0.2, 0) is 4.79 Å². The van der Waals surface area contributed by atoms with Gasteiger partial charge >= 0.3 is 0 Å². The number of amides is 1. The number of carbonyl (C=O) groups is 1. The number of hydrogen-bond acceptors (Lipinski definition) is 3. The Labute approximate surface area is 128 Å². The van der Waals surface area contributed by atoms with E-state index in [-0.39, 0.29) is 17.2 Å². The van der Waals surface area contributed by atoms with E-state index >= 15 is 0 Å². The second-order valence-corrected chi connectivity index (χ2v) is 6.75. The molecular weight excluding hydrogens is 262 g/mol. The van der Waals surface area contributed by atoms with Gasteiger partial charge in [-0.15, -0.1) is 0 Å². The van der Waals surface area contributed by atoms with Crippen LogP contribution in [0.1, 0.15) is 27.2 Å². The highest BCUT2D eigenvalue weighted by molar-refractivity contribution is 5.78. The largest absolute Gasteiger partial charge is 0.373 e. The highest BCUT2D eigenvalue weighted by Crippen LogP contribution is 2.23. The molecule has 1 aromatic carbocycles. The van der Waals surface area contributed by atoms with E-state index in [0.717, 1.165) is 18.7 Å². The van der Waals surface area contributed by atoms with Crippen LogP contribution < -0.4 is 16.0 Å². The average molecular weight is 291 g/mol.